The lowest BCUT2D eigenvalue weighted by Crippen LogP contribution is -2.36. The highest BCUT2D eigenvalue weighted by Crippen LogP contribution is 2.28. The number of benzene rings is 1. The summed E-state index contributed by atoms with van der Waals surface area (Å²) in [7, 11) is -1.95. The molecule has 9 heteroatoms. The molecule has 0 aromatic heterocycles. The smallest absolute Gasteiger partial charge is 0.319 e. The molecule has 0 atom stereocenters. The fourth-order valence-corrected chi connectivity index (χ4v) is 3.71. The van der Waals surface area contributed by atoms with E-state index in [0.29, 0.717) is 23.7 Å². The van der Waals surface area contributed by atoms with Crippen LogP contribution in [0.3, 0.4) is 0 Å². The van der Waals surface area contributed by atoms with E-state index in [-0.39, 0.29) is 11.8 Å². The van der Waals surface area contributed by atoms with Crippen LogP contribution in [0.2, 0.25) is 0 Å². The Morgan fingerprint density at radius 2 is 2.00 bits per heavy atom. The van der Waals surface area contributed by atoms with Gasteiger partial charge in [0.2, 0.25) is 10.0 Å². The molecule has 2 amide bonds. The predicted molar refractivity (Wildman–Crippen MR) is 113 cm³/mol. The number of likely N-dealkylation sites (tertiary alicyclic amines) is 1. The van der Waals surface area contributed by atoms with Crippen molar-refractivity contribution in [2.75, 3.05) is 49.1 Å². The van der Waals surface area contributed by atoms with Crippen LogP contribution in [0.25, 0.3) is 0 Å². The van der Waals surface area contributed by atoms with Crippen LogP contribution < -0.4 is 20.1 Å². The topological polar surface area (TPSA) is 99.8 Å². The van der Waals surface area contributed by atoms with Gasteiger partial charge in [-0.15, -0.1) is 0 Å². The first kappa shape index (κ1) is 22.3. The maximum absolute atomic E-state index is 12.1. The minimum Gasteiger partial charge on any atom is -0.494 e. The molecule has 158 valence electrons. The van der Waals surface area contributed by atoms with Crippen molar-refractivity contribution in [3.63, 3.8) is 0 Å². The zero-order valence-electron chi connectivity index (χ0n) is 17.0. The molecule has 1 aliphatic heterocycles. The minimum absolute atomic E-state index is 0.0327. The lowest BCUT2D eigenvalue weighted by Gasteiger charge is -2.30. The molecule has 0 radical (unpaired) electrons. The van der Waals surface area contributed by atoms with Crippen molar-refractivity contribution in [2.45, 2.75) is 33.1 Å². The van der Waals surface area contributed by atoms with E-state index in [2.05, 4.69) is 27.2 Å². The molecular weight excluding hydrogens is 380 g/mol. The fraction of sp³-hybridized carbons (Fsp3) is 0.632. The van der Waals surface area contributed by atoms with Crippen LogP contribution in [0.4, 0.5) is 16.2 Å². The summed E-state index contributed by atoms with van der Waals surface area (Å²) in [5, 5.41) is 5.59. The number of hydrogen-bond acceptors (Lipinski definition) is 5. The van der Waals surface area contributed by atoms with Crippen molar-refractivity contribution in [3.8, 4) is 5.75 Å². The van der Waals surface area contributed by atoms with E-state index in [9.17, 15) is 13.2 Å². The summed E-state index contributed by atoms with van der Waals surface area (Å²) in [6.07, 6.45) is 3.41. The summed E-state index contributed by atoms with van der Waals surface area (Å²) in [6.45, 7) is 7.73. The van der Waals surface area contributed by atoms with Gasteiger partial charge in [0, 0.05) is 18.3 Å². The van der Waals surface area contributed by atoms with Gasteiger partial charge in [0.25, 0.3) is 0 Å². The average Bonchev–Trinajstić information content (AvgIpc) is 2.67. The first-order valence-corrected chi connectivity index (χ1v) is 11.4. The van der Waals surface area contributed by atoms with Gasteiger partial charge in [-0.3, -0.25) is 4.72 Å². The van der Waals surface area contributed by atoms with E-state index in [4.69, 9.17) is 4.74 Å². The first-order chi connectivity index (χ1) is 13.3. The lowest BCUT2D eigenvalue weighted by atomic mass is 9.99. The number of hydrogen-bond donors (Lipinski definition) is 3. The average molecular weight is 413 g/mol. The summed E-state index contributed by atoms with van der Waals surface area (Å²) in [6, 6.07) is 4.49. The van der Waals surface area contributed by atoms with Crippen LogP contribution >= 0.6 is 0 Å². The molecule has 0 spiro atoms. The Labute approximate surface area is 168 Å². The van der Waals surface area contributed by atoms with Crippen LogP contribution in [0, 0.1) is 5.92 Å². The number of nitrogens with one attached hydrogen (secondary N) is 3. The van der Waals surface area contributed by atoms with Gasteiger partial charge in [-0.05, 0) is 63.9 Å². The number of carbonyl (C=O) groups is 1. The predicted octanol–water partition coefficient (Wildman–Crippen LogP) is 2.70. The summed E-state index contributed by atoms with van der Waals surface area (Å²) in [5.41, 5.74) is 0.866. The van der Waals surface area contributed by atoms with Crippen molar-refractivity contribution in [1.82, 2.24) is 10.2 Å². The molecule has 1 fully saturated rings. The second-order valence-corrected chi connectivity index (χ2v) is 9.19. The standard InChI is InChI=1S/C19H32N4O4S/c1-4-28(25,26)22-17-7-6-16(14-18(17)27-3)21-19(24)20-10-5-11-23-12-8-15(2)9-13-23/h6-7,14-15,22H,4-5,8-13H2,1-3H3,(H2,20,21,24). The Balaban J connectivity index is 1.78. The van der Waals surface area contributed by atoms with Gasteiger partial charge in [-0.1, -0.05) is 6.92 Å². The molecule has 8 nitrogen and oxygen atoms in total. The second-order valence-electron chi connectivity index (χ2n) is 7.18. The highest BCUT2D eigenvalue weighted by molar-refractivity contribution is 7.92. The number of anilines is 2. The lowest BCUT2D eigenvalue weighted by molar-refractivity contribution is 0.190. The number of sulfonamides is 1. The number of piperidine rings is 1. The molecule has 0 unspecified atom stereocenters. The Morgan fingerprint density at radius 1 is 1.29 bits per heavy atom. The summed E-state index contributed by atoms with van der Waals surface area (Å²) >= 11 is 0. The third kappa shape index (κ3) is 7.20. The monoisotopic (exact) mass is 412 g/mol. The van der Waals surface area contributed by atoms with Gasteiger partial charge in [0.05, 0.1) is 18.6 Å². The van der Waals surface area contributed by atoms with Gasteiger partial charge in [-0.2, -0.15) is 0 Å². The van der Waals surface area contributed by atoms with Crippen molar-refractivity contribution in [2.24, 2.45) is 5.92 Å². The van der Waals surface area contributed by atoms with E-state index in [1.165, 1.54) is 20.0 Å². The zero-order chi connectivity index (χ0) is 20.6. The first-order valence-electron chi connectivity index (χ1n) is 9.78. The van der Waals surface area contributed by atoms with Crippen molar-refractivity contribution < 1.29 is 17.9 Å². The number of nitrogens with zero attached hydrogens (tertiary/aromatic N) is 1. The molecule has 2 rings (SSSR count). The van der Waals surface area contributed by atoms with Crippen LogP contribution in [0.15, 0.2) is 18.2 Å². The van der Waals surface area contributed by atoms with E-state index >= 15 is 0 Å². The summed E-state index contributed by atoms with van der Waals surface area (Å²) < 4.78 is 31.1. The number of carbonyl (C=O) groups excluding carboxylic acids is 1. The molecule has 0 saturated carbocycles. The van der Waals surface area contributed by atoms with E-state index < -0.39 is 10.0 Å². The van der Waals surface area contributed by atoms with Gasteiger partial charge in [0.15, 0.2) is 0 Å². The van der Waals surface area contributed by atoms with Gasteiger partial charge < -0.3 is 20.3 Å². The number of amides is 2. The molecule has 1 aromatic carbocycles. The molecule has 0 aliphatic carbocycles. The van der Waals surface area contributed by atoms with Crippen molar-refractivity contribution in [1.29, 1.82) is 0 Å². The molecule has 0 bridgehead atoms. The van der Waals surface area contributed by atoms with Gasteiger partial charge >= 0.3 is 6.03 Å². The quantitative estimate of drug-likeness (QED) is 0.542. The molecule has 3 N–H and O–H groups in total. The molecular formula is C19H32N4O4S. The number of ether oxygens (including phenoxy) is 1. The molecule has 1 heterocycles. The third-order valence-corrected chi connectivity index (χ3v) is 6.21. The fourth-order valence-electron chi connectivity index (χ4n) is 3.06. The third-order valence-electron chi connectivity index (χ3n) is 4.92. The van der Waals surface area contributed by atoms with Crippen molar-refractivity contribution >= 4 is 27.4 Å². The summed E-state index contributed by atoms with van der Waals surface area (Å²) in [5.74, 6) is 1.13. The molecule has 1 aromatic rings. The van der Waals surface area contributed by atoms with Crippen molar-refractivity contribution in [3.05, 3.63) is 18.2 Å². The maximum Gasteiger partial charge on any atom is 0.319 e. The Hall–Kier alpha value is -2.00. The zero-order valence-corrected chi connectivity index (χ0v) is 17.8. The van der Waals surface area contributed by atoms with Crippen LogP contribution in [-0.2, 0) is 10.0 Å². The van der Waals surface area contributed by atoms with Gasteiger partial charge in [0.1, 0.15) is 5.75 Å². The normalized spacial score (nSPS) is 15.8. The van der Waals surface area contributed by atoms with Crippen LogP contribution in [0.1, 0.15) is 33.1 Å². The second kappa shape index (κ2) is 10.5. The molecule has 1 aliphatic rings. The Morgan fingerprint density at radius 3 is 2.64 bits per heavy atom. The van der Waals surface area contributed by atoms with E-state index in [1.807, 2.05) is 0 Å². The largest absolute Gasteiger partial charge is 0.494 e. The number of methoxy groups -OCH3 is 1. The molecule has 1 saturated heterocycles. The SMILES string of the molecule is CCS(=O)(=O)Nc1ccc(NC(=O)NCCCN2CCC(C)CC2)cc1OC. The van der Waals surface area contributed by atoms with E-state index in [1.54, 1.807) is 25.1 Å². The van der Waals surface area contributed by atoms with Crippen LogP contribution in [0.5, 0.6) is 5.75 Å². The number of urea groups is 1. The van der Waals surface area contributed by atoms with Gasteiger partial charge in [-0.25, -0.2) is 13.2 Å². The number of rotatable bonds is 9. The van der Waals surface area contributed by atoms with Crippen LogP contribution in [-0.4, -0.2) is 58.4 Å². The minimum atomic E-state index is -3.40. The maximum atomic E-state index is 12.1. The Bertz CT molecular complexity index is 746. The Kier molecular flexibility index (Phi) is 8.37. The highest BCUT2D eigenvalue weighted by atomic mass is 32.2. The summed E-state index contributed by atoms with van der Waals surface area (Å²) in [4.78, 5) is 14.5. The molecule has 28 heavy (non-hydrogen) atoms. The highest BCUT2D eigenvalue weighted by Gasteiger charge is 2.15. The van der Waals surface area contributed by atoms with E-state index in [0.717, 1.165) is 32.0 Å².